The van der Waals surface area contributed by atoms with Crippen molar-refractivity contribution in [2.45, 2.75) is 19.6 Å². The Hall–Kier alpha value is -1.03. The Bertz CT molecular complexity index is 572. The first-order valence-electron chi connectivity index (χ1n) is 5.99. The van der Waals surface area contributed by atoms with Crippen molar-refractivity contribution >= 4 is 27.5 Å². The van der Waals surface area contributed by atoms with Gasteiger partial charge in [-0.25, -0.2) is 0 Å². The molecule has 0 spiro atoms. The van der Waals surface area contributed by atoms with Crippen LogP contribution in [0.2, 0.25) is 5.02 Å². The summed E-state index contributed by atoms with van der Waals surface area (Å²) in [4.78, 5) is 0. The molecule has 0 amide bonds. The number of benzene rings is 2. The average Bonchev–Trinajstić information content (AvgIpc) is 2.38. The SMILES string of the molecule is C[C@H](N)c1cc(Cl)ccc1OCc1ccccc1Br. The van der Waals surface area contributed by atoms with Gasteiger partial charge in [-0.3, -0.25) is 0 Å². The Balaban J connectivity index is 2.18. The molecule has 0 aromatic heterocycles. The quantitative estimate of drug-likeness (QED) is 0.875. The monoisotopic (exact) mass is 339 g/mol. The van der Waals surface area contributed by atoms with Crippen LogP contribution < -0.4 is 10.5 Å². The zero-order valence-electron chi connectivity index (χ0n) is 10.6. The van der Waals surface area contributed by atoms with Crippen LogP contribution in [0.15, 0.2) is 46.9 Å². The van der Waals surface area contributed by atoms with Gasteiger partial charge in [0.05, 0.1) is 0 Å². The summed E-state index contributed by atoms with van der Waals surface area (Å²) in [6, 6.07) is 13.4. The Morgan fingerprint density at radius 1 is 1.26 bits per heavy atom. The fourth-order valence-electron chi connectivity index (χ4n) is 1.78. The number of halogens is 2. The highest BCUT2D eigenvalue weighted by molar-refractivity contribution is 9.10. The predicted octanol–water partition coefficient (Wildman–Crippen LogP) is 4.70. The Kier molecular flexibility index (Phi) is 4.86. The van der Waals surface area contributed by atoms with Crippen molar-refractivity contribution in [1.82, 2.24) is 0 Å². The van der Waals surface area contributed by atoms with E-state index in [1.165, 1.54) is 0 Å². The topological polar surface area (TPSA) is 35.2 Å². The first-order chi connectivity index (χ1) is 9.08. The van der Waals surface area contributed by atoms with E-state index in [1.807, 2.05) is 49.4 Å². The molecular weight excluding hydrogens is 326 g/mol. The van der Waals surface area contributed by atoms with Crippen LogP contribution >= 0.6 is 27.5 Å². The van der Waals surface area contributed by atoms with Gasteiger partial charge in [0.15, 0.2) is 0 Å². The molecule has 0 bridgehead atoms. The smallest absolute Gasteiger partial charge is 0.124 e. The van der Waals surface area contributed by atoms with E-state index in [1.54, 1.807) is 0 Å². The molecule has 2 aromatic carbocycles. The largest absolute Gasteiger partial charge is 0.489 e. The molecule has 0 heterocycles. The molecule has 1 atom stereocenters. The van der Waals surface area contributed by atoms with Gasteiger partial charge in [-0.1, -0.05) is 45.7 Å². The normalized spacial score (nSPS) is 12.2. The van der Waals surface area contributed by atoms with E-state index < -0.39 is 0 Å². The number of nitrogens with two attached hydrogens (primary N) is 1. The molecule has 0 aliphatic heterocycles. The molecule has 2 aromatic rings. The van der Waals surface area contributed by atoms with E-state index in [2.05, 4.69) is 15.9 Å². The Morgan fingerprint density at radius 2 is 2.00 bits per heavy atom. The molecule has 2 nitrogen and oxygen atoms in total. The minimum atomic E-state index is -0.118. The fourth-order valence-corrected chi connectivity index (χ4v) is 2.36. The van der Waals surface area contributed by atoms with E-state index in [4.69, 9.17) is 22.1 Å². The molecule has 0 radical (unpaired) electrons. The predicted molar refractivity (Wildman–Crippen MR) is 82.5 cm³/mol. The van der Waals surface area contributed by atoms with Crippen molar-refractivity contribution in [2.24, 2.45) is 5.73 Å². The second-order valence-corrected chi connectivity index (χ2v) is 5.64. The fraction of sp³-hybridized carbons (Fsp3) is 0.200. The maximum Gasteiger partial charge on any atom is 0.124 e. The van der Waals surface area contributed by atoms with E-state index >= 15 is 0 Å². The molecule has 0 aliphatic carbocycles. The zero-order valence-corrected chi connectivity index (χ0v) is 12.9. The van der Waals surface area contributed by atoms with Crippen LogP contribution in [0.1, 0.15) is 24.1 Å². The minimum absolute atomic E-state index is 0.118. The molecule has 0 saturated carbocycles. The van der Waals surface area contributed by atoms with Crippen molar-refractivity contribution in [3.8, 4) is 5.75 Å². The summed E-state index contributed by atoms with van der Waals surface area (Å²) >= 11 is 9.49. The van der Waals surface area contributed by atoms with Gasteiger partial charge in [0.25, 0.3) is 0 Å². The third-order valence-electron chi connectivity index (χ3n) is 2.80. The number of hydrogen-bond acceptors (Lipinski definition) is 2. The second-order valence-electron chi connectivity index (χ2n) is 4.35. The van der Waals surface area contributed by atoms with Crippen LogP contribution in [0.4, 0.5) is 0 Å². The minimum Gasteiger partial charge on any atom is -0.489 e. The van der Waals surface area contributed by atoms with E-state index in [-0.39, 0.29) is 6.04 Å². The molecule has 100 valence electrons. The summed E-state index contributed by atoms with van der Waals surface area (Å²) in [5.41, 5.74) is 7.94. The number of ether oxygens (including phenoxy) is 1. The highest BCUT2D eigenvalue weighted by atomic mass is 79.9. The highest BCUT2D eigenvalue weighted by Crippen LogP contribution is 2.28. The van der Waals surface area contributed by atoms with Gasteiger partial charge in [-0.05, 0) is 31.2 Å². The van der Waals surface area contributed by atoms with Crippen LogP contribution in [0.5, 0.6) is 5.75 Å². The number of rotatable bonds is 4. The molecule has 2 rings (SSSR count). The molecule has 0 aliphatic rings. The Labute approximate surface area is 126 Å². The van der Waals surface area contributed by atoms with Crippen molar-refractivity contribution in [3.63, 3.8) is 0 Å². The summed E-state index contributed by atoms with van der Waals surface area (Å²) in [6.45, 7) is 2.40. The van der Waals surface area contributed by atoms with Crippen molar-refractivity contribution in [3.05, 3.63) is 63.1 Å². The lowest BCUT2D eigenvalue weighted by molar-refractivity contribution is 0.301. The van der Waals surface area contributed by atoms with Gasteiger partial charge >= 0.3 is 0 Å². The van der Waals surface area contributed by atoms with Crippen LogP contribution in [-0.4, -0.2) is 0 Å². The van der Waals surface area contributed by atoms with Gasteiger partial charge in [0.1, 0.15) is 12.4 Å². The van der Waals surface area contributed by atoms with Gasteiger partial charge in [0, 0.05) is 26.7 Å². The third-order valence-corrected chi connectivity index (χ3v) is 3.81. The first-order valence-corrected chi connectivity index (χ1v) is 7.16. The van der Waals surface area contributed by atoms with Crippen LogP contribution in [0, 0.1) is 0 Å². The summed E-state index contributed by atoms with van der Waals surface area (Å²) in [5.74, 6) is 0.773. The van der Waals surface area contributed by atoms with Gasteiger partial charge in [-0.15, -0.1) is 0 Å². The summed E-state index contributed by atoms with van der Waals surface area (Å²) in [5, 5.41) is 0.667. The molecular formula is C15H15BrClNO. The van der Waals surface area contributed by atoms with E-state index in [0.29, 0.717) is 11.6 Å². The van der Waals surface area contributed by atoms with Crippen molar-refractivity contribution in [1.29, 1.82) is 0 Å². The summed E-state index contributed by atoms with van der Waals surface area (Å²) < 4.78 is 6.89. The van der Waals surface area contributed by atoms with Crippen LogP contribution in [-0.2, 0) is 6.61 Å². The highest BCUT2D eigenvalue weighted by Gasteiger charge is 2.09. The maximum atomic E-state index is 5.98. The average molecular weight is 341 g/mol. The van der Waals surface area contributed by atoms with Gasteiger partial charge < -0.3 is 10.5 Å². The van der Waals surface area contributed by atoms with Crippen molar-refractivity contribution in [2.75, 3.05) is 0 Å². The van der Waals surface area contributed by atoms with Crippen LogP contribution in [0.25, 0.3) is 0 Å². The van der Waals surface area contributed by atoms with Gasteiger partial charge in [-0.2, -0.15) is 0 Å². The van der Waals surface area contributed by atoms with Crippen molar-refractivity contribution < 1.29 is 4.74 Å². The molecule has 2 N–H and O–H groups in total. The molecule has 4 heteroatoms. The lowest BCUT2D eigenvalue weighted by atomic mass is 10.1. The Morgan fingerprint density at radius 3 is 2.68 bits per heavy atom. The second kappa shape index (κ2) is 6.42. The first kappa shape index (κ1) is 14.4. The summed E-state index contributed by atoms with van der Waals surface area (Å²) in [6.07, 6.45) is 0. The number of hydrogen-bond donors (Lipinski definition) is 1. The summed E-state index contributed by atoms with van der Waals surface area (Å²) in [7, 11) is 0. The zero-order chi connectivity index (χ0) is 13.8. The maximum absolute atomic E-state index is 5.98. The molecule has 0 fully saturated rings. The van der Waals surface area contributed by atoms with Crippen LogP contribution in [0.3, 0.4) is 0 Å². The lowest BCUT2D eigenvalue weighted by Crippen LogP contribution is -2.08. The standard InChI is InChI=1S/C15H15BrClNO/c1-10(18)13-8-12(17)6-7-15(13)19-9-11-4-2-3-5-14(11)16/h2-8,10H,9,18H2,1H3/t10-/m0/s1. The molecule has 19 heavy (non-hydrogen) atoms. The molecule has 0 saturated heterocycles. The van der Waals surface area contributed by atoms with E-state index in [9.17, 15) is 0 Å². The molecule has 0 unspecified atom stereocenters. The van der Waals surface area contributed by atoms with Gasteiger partial charge in [0.2, 0.25) is 0 Å². The third kappa shape index (κ3) is 3.72. The lowest BCUT2D eigenvalue weighted by Gasteiger charge is -2.15. The van der Waals surface area contributed by atoms with E-state index in [0.717, 1.165) is 21.3 Å².